The molecule has 1 aromatic carbocycles. The van der Waals surface area contributed by atoms with Crippen molar-refractivity contribution in [2.45, 2.75) is 71.8 Å². The van der Waals surface area contributed by atoms with E-state index in [-0.39, 0.29) is 0 Å². The van der Waals surface area contributed by atoms with Crippen LogP contribution in [-0.4, -0.2) is 51.1 Å². The van der Waals surface area contributed by atoms with Crippen LogP contribution in [0.1, 0.15) is 57.5 Å². The number of hydrogen-bond donors (Lipinski definition) is 2. The van der Waals surface area contributed by atoms with E-state index in [2.05, 4.69) is 75.4 Å². The quantitative estimate of drug-likeness (QED) is 0.310. The summed E-state index contributed by atoms with van der Waals surface area (Å²) in [5.74, 6) is 0.927. The number of rotatable bonds is 5. The molecule has 4 nitrogen and oxygen atoms in total. The lowest BCUT2D eigenvalue weighted by Crippen LogP contribution is -2.44. The van der Waals surface area contributed by atoms with Crippen LogP contribution in [0.5, 0.6) is 0 Å². The monoisotopic (exact) mass is 494 g/mol. The number of H-pyrrole nitrogens is 2. The SMILES string of the molecule is CC1Cc2c([nH]c3ccccc23)CN1CC(C)(C)F.CCC1CCN(Cc2cc3sccc3[nH]2)C1. The van der Waals surface area contributed by atoms with Crippen LogP contribution < -0.4 is 0 Å². The Hall–Kier alpha value is -2.15. The van der Waals surface area contributed by atoms with Gasteiger partial charge in [-0.3, -0.25) is 9.80 Å². The molecule has 5 heterocycles. The fourth-order valence-electron chi connectivity index (χ4n) is 5.72. The van der Waals surface area contributed by atoms with Gasteiger partial charge in [-0.15, -0.1) is 11.3 Å². The first-order valence-electron chi connectivity index (χ1n) is 13.1. The summed E-state index contributed by atoms with van der Waals surface area (Å²) in [6.45, 7) is 12.8. The molecule has 6 heteroatoms. The number of nitrogens with one attached hydrogen (secondary N) is 2. The molecule has 0 aliphatic carbocycles. The fraction of sp³-hybridized carbons (Fsp3) is 0.517. The summed E-state index contributed by atoms with van der Waals surface area (Å²) in [6.07, 6.45) is 3.71. The Morgan fingerprint density at radius 2 is 1.97 bits per heavy atom. The molecule has 188 valence electrons. The van der Waals surface area contributed by atoms with Crippen LogP contribution in [0.25, 0.3) is 21.1 Å². The normalized spacial score (nSPS) is 21.4. The number of aromatic amines is 2. The molecule has 0 saturated carbocycles. The van der Waals surface area contributed by atoms with E-state index in [0.29, 0.717) is 12.6 Å². The van der Waals surface area contributed by atoms with Crippen LogP contribution in [0.4, 0.5) is 4.39 Å². The van der Waals surface area contributed by atoms with E-state index in [1.807, 2.05) is 11.3 Å². The minimum atomic E-state index is -1.14. The molecule has 2 N–H and O–H groups in total. The Labute approximate surface area is 212 Å². The van der Waals surface area contributed by atoms with Crippen molar-refractivity contribution >= 4 is 32.5 Å². The lowest BCUT2D eigenvalue weighted by atomic mass is 9.96. The fourth-order valence-corrected chi connectivity index (χ4v) is 6.53. The second kappa shape index (κ2) is 10.1. The summed E-state index contributed by atoms with van der Waals surface area (Å²) in [5, 5.41) is 3.47. The van der Waals surface area contributed by atoms with E-state index < -0.39 is 5.67 Å². The highest BCUT2D eigenvalue weighted by Crippen LogP contribution is 2.31. The van der Waals surface area contributed by atoms with Gasteiger partial charge in [0.25, 0.3) is 0 Å². The summed E-state index contributed by atoms with van der Waals surface area (Å²) in [5.41, 5.74) is 5.39. The van der Waals surface area contributed by atoms with Gasteiger partial charge in [0.15, 0.2) is 0 Å². The highest BCUT2D eigenvalue weighted by Gasteiger charge is 2.30. The van der Waals surface area contributed by atoms with Crippen molar-refractivity contribution in [3.05, 3.63) is 58.7 Å². The van der Waals surface area contributed by atoms with Crippen LogP contribution >= 0.6 is 11.3 Å². The lowest BCUT2D eigenvalue weighted by Gasteiger charge is -2.36. The summed E-state index contributed by atoms with van der Waals surface area (Å²) in [6, 6.07) is 13.3. The molecule has 0 bridgehead atoms. The molecule has 1 saturated heterocycles. The number of alkyl halides is 1. The second-order valence-corrected chi connectivity index (χ2v) is 12.0. The molecular weight excluding hydrogens is 455 g/mol. The first-order chi connectivity index (χ1) is 16.8. The van der Waals surface area contributed by atoms with Gasteiger partial charge in [-0.1, -0.05) is 31.5 Å². The average molecular weight is 495 g/mol. The molecule has 2 unspecified atom stereocenters. The molecule has 2 aliphatic heterocycles. The van der Waals surface area contributed by atoms with Gasteiger partial charge in [0.05, 0.1) is 10.2 Å². The van der Waals surface area contributed by atoms with Gasteiger partial charge in [0.1, 0.15) is 5.67 Å². The largest absolute Gasteiger partial charge is 0.357 e. The van der Waals surface area contributed by atoms with Gasteiger partial charge in [-0.2, -0.15) is 0 Å². The number of benzene rings is 1. The highest BCUT2D eigenvalue weighted by atomic mass is 32.1. The van der Waals surface area contributed by atoms with Crippen molar-refractivity contribution < 1.29 is 4.39 Å². The number of para-hydroxylation sites is 1. The van der Waals surface area contributed by atoms with Crippen molar-refractivity contribution in [2.75, 3.05) is 19.6 Å². The Balaban J connectivity index is 0.000000147. The van der Waals surface area contributed by atoms with Crippen molar-refractivity contribution in [1.82, 2.24) is 19.8 Å². The molecule has 4 aromatic rings. The number of thiophene rings is 1. The topological polar surface area (TPSA) is 38.1 Å². The molecule has 1 fully saturated rings. The Bertz CT molecular complexity index is 1230. The zero-order valence-corrected chi connectivity index (χ0v) is 22.4. The molecule has 3 aromatic heterocycles. The predicted octanol–water partition coefficient (Wildman–Crippen LogP) is 7.12. The van der Waals surface area contributed by atoms with Crippen LogP contribution in [0, 0.1) is 5.92 Å². The Kier molecular flexibility index (Phi) is 7.06. The Morgan fingerprint density at radius 1 is 1.14 bits per heavy atom. The van der Waals surface area contributed by atoms with Crippen molar-refractivity contribution in [2.24, 2.45) is 5.92 Å². The minimum Gasteiger partial charge on any atom is -0.357 e. The maximum atomic E-state index is 13.9. The van der Waals surface area contributed by atoms with Gasteiger partial charge in [-0.25, -0.2) is 4.39 Å². The van der Waals surface area contributed by atoms with Crippen LogP contribution in [0.2, 0.25) is 0 Å². The van der Waals surface area contributed by atoms with E-state index in [4.69, 9.17) is 0 Å². The number of hydrogen-bond acceptors (Lipinski definition) is 3. The van der Waals surface area contributed by atoms with E-state index in [0.717, 1.165) is 25.4 Å². The molecule has 2 atom stereocenters. The summed E-state index contributed by atoms with van der Waals surface area (Å²) < 4.78 is 15.3. The zero-order chi connectivity index (χ0) is 24.6. The maximum Gasteiger partial charge on any atom is 0.118 e. The summed E-state index contributed by atoms with van der Waals surface area (Å²) >= 11 is 1.82. The molecule has 0 amide bonds. The molecule has 35 heavy (non-hydrogen) atoms. The van der Waals surface area contributed by atoms with E-state index in [1.165, 1.54) is 64.0 Å². The smallest absolute Gasteiger partial charge is 0.118 e. The molecule has 0 radical (unpaired) electrons. The van der Waals surface area contributed by atoms with Gasteiger partial charge in [0, 0.05) is 54.5 Å². The maximum absolute atomic E-state index is 13.9. The first kappa shape index (κ1) is 24.5. The van der Waals surface area contributed by atoms with E-state index in [9.17, 15) is 4.39 Å². The van der Waals surface area contributed by atoms with Gasteiger partial charge < -0.3 is 9.97 Å². The van der Waals surface area contributed by atoms with Crippen molar-refractivity contribution in [3.63, 3.8) is 0 Å². The first-order valence-corrected chi connectivity index (χ1v) is 14.0. The van der Waals surface area contributed by atoms with Crippen LogP contribution in [-0.2, 0) is 19.5 Å². The number of halogens is 1. The summed E-state index contributed by atoms with van der Waals surface area (Å²) in [4.78, 5) is 11.8. The number of nitrogens with zero attached hydrogens (tertiary/aromatic N) is 2. The minimum absolute atomic E-state index is 0.390. The van der Waals surface area contributed by atoms with Crippen molar-refractivity contribution in [1.29, 1.82) is 0 Å². The Morgan fingerprint density at radius 3 is 2.71 bits per heavy atom. The van der Waals surface area contributed by atoms with Gasteiger partial charge in [-0.05, 0) is 75.2 Å². The number of likely N-dealkylation sites (tertiary alicyclic amines) is 1. The second-order valence-electron chi connectivity index (χ2n) is 11.1. The van der Waals surface area contributed by atoms with E-state index in [1.54, 1.807) is 13.8 Å². The van der Waals surface area contributed by atoms with Gasteiger partial charge in [0.2, 0.25) is 0 Å². The van der Waals surface area contributed by atoms with Crippen LogP contribution in [0.15, 0.2) is 41.8 Å². The molecule has 0 spiro atoms. The highest BCUT2D eigenvalue weighted by molar-refractivity contribution is 7.17. The van der Waals surface area contributed by atoms with Crippen molar-refractivity contribution in [3.8, 4) is 0 Å². The van der Waals surface area contributed by atoms with E-state index >= 15 is 0 Å². The standard InChI is InChI=1S/C16H21FN2.C13H18N2S/c1-11-8-13-12-6-4-5-7-14(12)18-15(13)9-19(11)10-16(2,3)17;1-2-10-3-5-15(8-10)9-11-7-13-12(14-11)4-6-16-13/h4-7,11,18H,8-10H2,1-3H3;4,6-7,10,14H,2-3,5,8-9H2,1H3. The third-order valence-corrected chi connectivity index (χ3v) is 8.47. The third kappa shape index (κ3) is 5.65. The predicted molar refractivity (Wildman–Crippen MR) is 147 cm³/mol. The summed E-state index contributed by atoms with van der Waals surface area (Å²) in [7, 11) is 0. The van der Waals surface area contributed by atoms with Gasteiger partial charge >= 0.3 is 0 Å². The molecule has 2 aliphatic rings. The third-order valence-electron chi connectivity index (χ3n) is 7.60. The zero-order valence-electron chi connectivity index (χ0n) is 21.5. The van der Waals surface area contributed by atoms with Crippen LogP contribution in [0.3, 0.4) is 0 Å². The molecule has 6 rings (SSSR count). The molecular formula is C29H39FN4S. The number of fused-ring (bicyclic) bond motifs is 4. The average Bonchev–Trinajstić information content (AvgIpc) is 3.57. The lowest BCUT2D eigenvalue weighted by molar-refractivity contribution is 0.0853. The number of aromatic nitrogens is 2.